The Kier molecular flexibility index (Phi) is 5.33. The zero-order valence-corrected chi connectivity index (χ0v) is 12.4. The minimum absolute atomic E-state index is 0.508. The molecule has 0 fully saturated rings. The molecule has 0 aliphatic carbocycles. The van der Waals surface area contributed by atoms with Crippen LogP contribution in [0.15, 0.2) is 30.3 Å². The Morgan fingerprint density at radius 3 is 2.21 bits per heavy atom. The van der Waals surface area contributed by atoms with Crippen LogP contribution in [0.3, 0.4) is 0 Å². The monoisotopic (exact) mass is 284 g/mol. The molecule has 0 spiro atoms. The van der Waals surface area contributed by atoms with Crippen LogP contribution >= 0.6 is 7.37 Å². The van der Waals surface area contributed by atoms with Crippen molar-refractivity contribution in [1.29, 1.82) is 0 Å². The molecule has 4 unspecified atom stereocenters. The van der Waals surface area contributed by atoms with E-state index in [-0.39, 0.29) is 0 Å². The molecule has 1 rings (SSSR count). The molecule has 4 nitrogen and oxygen atoms in total. The smallest absolute Gasteiger partial charge is 0.307 e. The largest absolute Gasteiger partial charge is 0.481 e. The summed E-state index contributed by atoms with van der Waals surface area (Å²) in [5, 5.41) is 9.01. The van der Waals surface area contributed by atoms with Crippen molar-refractivity contribution in [1.82, 2.24) is 0 Å². The van der Waals surface area contributed by atoms with Gasteiger partial charge in [0.25, 0.3) is 0 Å². The van der Waals surface area contributed by atoms with Crippen LogP contribution in [-0.2, 0) is 9.36 Å². The lowest BCUT2D eigenvalue weighted by Gasteiger charge is -2.29. The van der Waals surface area contributed by atoms with Gasteiger partial charge in [0, 0.05) is 5.66 Å². The molecule has 0 saturated carbocycles. The number of aliphatic carboxylic acids is 1. The fourth-order valence-corrected chi connectivity index (χ4v) is 4.66. The van der Waals surface area contributed by atoms with E-state index in [4.69, 9.17) is 5.11 Å². The fourth-order valence-electron chi connectivity index (χ4n) is 2.20. The third-order valence-electron chi connectivity index (χ3n) is 3.71. The summed E-state index contributed by atoms with van der Waals surface area (Å²) in [4.78, 5) is 21.4. The van der Waals surface area contributed by atoms with Crippen molar-refractivity contribution < 1.29 is 19.4 Å². The Morgan fingerprint density at radius 2 is 1.79 bits per heavy atom. The van der Waals surface area contributed by atoms with Crippen molar-refractivity contribution >= 4 is 13.3 Å². The number of hydrogen-bond donors (Lipinski definition) is 2. The number of carboxylic acids is 1. The maximum absolute atomic E-state index is 12.7. The highest BCUT2D eigenvalue weighted by atomic mass is 31.2. The minimum Gasteiger partial charge on any atom is -0.481 e. The zero-order chi connectivity index (χ0) is 14.6. The van der Waals surface area contributed by atoms with Gasteiger partial charge in [-0.05, 0) is 12.0 Å². The molecule has 1 aromatic carbocycles. The summed E-state index contributed by atoms with van der Waals surface area (Å²) >= 11 is 0. The maximum atomic E-state index is 12.7. The van der Waals surface area contributed by atoms with Crippen LogP contribution in [0.2, 0.25) is 0 Å². The van der Waals surface area contributed by atoms with E-state index < -0.39 is 30.6 Å². The molecule has 0 aliphatic heterocycles. The Hall–Kier alpha value is -1.12. The van der Waals surface area contributed by atoms with Gasteiger partial charge in [0.05, 0.1) is 11.6 Å². The third kappa shape index (κ3) is 3.46. The van der Waals surface area contributed by atoms with E-state index in [2.05, 4.69) is 0 Å². The molecule has 1 aromatic rings. The predicted octanol–water partition coefficient (Wildman–Crippen LogP) is 3.52. The van der Waals surface area contributed by atoms with E-state index >= 15 is 0 Å². The van der Waals surface area contributed by atoms with E-state index in [1.54, 1.807) is 6.92 Å². The molecule has 0 radical (unpaired) electrons. The van der Waals surface area contributed by atoms with Crippen LogP contribution in [0, 0.1) is 5.92 Å². The first kappa shape index (κ1) is 15.9. The second-order valence-corrected chi connectivity index (χ2v) is 7.66. The zero-order valence-electron chi connectivity index (χ0n) is 11.5. The van der Waals surface area contributed by atoms with E-state index in [9.17, 15) is 14.3 Å². The van der Waals surface area contributed by atoms with E-state index in [1.807, 2.05) is 37.3 Å². The molecule has 0 amide bonds. The molecule has 0 aromatic heterocycles. The topological polar surface area (TPSA) is 74.6 Å². The van der Waals surface area contributed by atoms with Gasteiger partial charge in [-0.25, -0.2) is 0 Å². The summed E-state index contributed by atoms with van der Waals surface area (Å²) < 4.78 is 12.7. The van der Waals surface area contributed by atoms with Gasteiger partial charge in [0.1, 0.15) is 0 Å². The Balaban J connectivity index is 3.09. The van der Waals surface area contributed by atoms with Gasteiger partial charge in [0.15, 0.2) is 0 Å². The number of hydrogen-bond acceptors (Lipinski definition) is 2. The molecule has 0 bridgehead atoms. The third-order valence-corrected chi connectivity index (χ3v) is 6.89. The second kappa shape index (κ2) is 6.36. The van der Waals surface area contributed by atoms with Crippen molar-refractivity contribution in [2.45, 2.75) is 38.5 Å². The van der Waals surface area contributed by atoms with Crippen LogP contribution in [0.5, 0.6) is 0 Å². The van der Waals surface area contributed by atoms with Gasteiger partial charge in [-0.15, -0.1) is 0 Å². The highest BCUT2D eigenvalue weighted by molar-refractivity contribution is 7.59. The van der Waals surface area contributed by atoms with Crippen molar-refractivity contribution in [3.63, 3.8) is 0 Å². The first-order chi connectivity index (χ1) is 8.82. The van der Waals surface area contributed by atoms with Crippen LogP contribution in [-0.4, -0.2) is 21.6 Å². The summed E-state index contributed by atoms with van der Waals surface area (Å²) in [6.45, 7) is 4.87. The van der Waals surface area contributed by atoms with Gasteiger partial charge in [0.2, 0.25) is 7.37 Å². The molecule has 0 aliphatic rings. The molecule has 0 heterocycles. The SMILES string of the molecule is CCC(c1ccccc1)P(=O)(O)C(C)C(C)C(=O)O. The normalized spacial score (nSPS) is 19.2. The lowest BCUT2D eigenvalue weighted by Crippen LogP contribution is -2.25. The standard InChI is InChI=1S/C14H21O4P/c1-4-13(12-8-6-5-7-9-12)19(17,18)11(3)10(2)14(15)16/h5-11,13H,4H2,1-3H3,(H,15,16)(H,17,18). The second-order valence-electron chi connectivity index (χ2n) is 4.87. The first-order valence-corrected chi connectivity index (χ1v) is 8.22. The molecular weight excluding hydrogens is 263 g/mol. The molecule has 106 valence electrons. The number of carboxylic acid groups (broad SMARTS) is 1. The molecule has 19 heavy (non-hydrogen) atoms. The lowest BCUT2D eigenvalue weighted by molar-refractivity contribution is -0.141. The summed E-state index contributed by atoms with van der Waals surface area (Å²) in [6, 6.07) is 9.12. The summed E-state index contributed by atoms with van der Waals surface area (Å²) in [7, 11) is -3.61. The highest BCUT2D eigenvalue weighted by Gasteiger charge is 2.41. The van der Waals surface area contributed by atoms with Crippen molar-refractivity contribution in [3.05, 3.63) is 35.9 Å². The Morgan fingerprint density at radius 1 is 1.26 bits per heavy atom. The average molecular weight is 284 g/mol. The highest BCUT2D eigenvalue weighted by Crippen LogP contribution is 2.62. The van der Waals surface area contributed by atoms with Crippen LogP contribution in [0.4, 0.5) is 0 Å². The Labute approximate surface area is 113 Å². The van der Waals surface area contributed by atoms with Crippen molar-refractivity contribution in [3.8, 4) is 0 Å². The first-order valence-electron chi connectivity index (χ1n) is 6.42. The molecule has 0 saturated heterocycles. The van der Waals surface area contributed by atoms with Crippen LogP contribution in [0.1, 0.15) is 38.4 Å². The van der Waals surface area contributed by atoms with Crippen molar-refractivity contribution in [2.75, 3.05) is 0 Å². The van der Waals surface area contributed by atoms with Crippen LogP contribution in [0.25, 0.3) is 0 Å². The molecule has 4 atom stereocenters. The minimum atomic E-state index is -3.61. The van der Waals surface area contributed by atoms with Gasteiger partial charge in [-0.2, -0.15) is 0 Å². The number of benzene rings is 1. The van der Waals surface area contributed by atoms with E-state index in [0.717, 1.165) is 5.56 Å². The maximum Gasteiger partial charge on any atom is 0.307 e. The predicted molar refractivity (Wildman–Crippen MR) is 75.6 cm³/mol. The lowest BCUT2D eigenvalue weighted by atomic mass is 10.1. The fraction of sp³-hybridized carbons (Fsp3) is 0.500. The van der Waals surface area contributed by atoms with Gasteiger partial charge in [-0.3, -0.25) is 9.36 Å². The number of carbonyl (C=O) groups is 1. The summed E-state index contributed by atoms with van der Waals surface area (Å²) in [5.41, 5.74) is -0.485. The summed E-state index contributed by atoms with van der Waals surface area (Å²) in [5.74, 6) is -1.88. The van der Waals surface area contributed by atoms with Crippen LogP contribution < -0.4 is 0 Å². The van der Waals surface area contributed by atoms with Gasteiger partial charge >= 0.3 is 5.97 Å². The van der Waals surface area contributed by atoms with E-state index in [1.165, 1.54) is 6.92 Å². The number of rotatable bonds is 6. The molecule has 5 heteroatoms. The average Bonchev–Trinajstić information content (AvgIpc) is 2.38. The molecule has 2 N–H and O–H groups in total. The molecular formula is C14H21O4P. The van der Waals surface area contributed by atoms with Crippen molar-refractivity contribution in [2.24, 2.45) is 5.92 Å². The van der Waals surface area contributed by atoms with Gasteiger partial charge in [-0.1, -0.05) is 51.1 Å². The van der Waals surface area contributed by atoms with E-state index in [0.29, 0.717) is 6.42 Å². The summed E-state index contributed by atoms with van der Waals surface area (Å²) in [6.07, 6.45) is 0.508. The van der Waals surface area contributed by atoms with Gasteiger partial charge < -0.3 is 10.00 Å². The quantitative estimate of drug-likeness (QED) is 0.784. The Bertz CT molecular complexity index is 472.